The average Bonchev–Trinajstić information content (AvgIpc) is 2.55. The van der Waals surface area contributed by atoms with Crippen molar-refractivity contribution in [1.82, 2.24) is 4.98 Å². The molecule has 0 radical (unpaired) electrons. The zero-order valence-electron chi connectivity index (χ0n) is 13.1. The highest BCUT2D eigenvalue weighted by molar-refractivity contribution is 6.30. The Balaban J connectivity index is 1.76. The van der Waals surface area contributed by atoms with Crippen molar-refractivity contribution < 1.29 is 14.3 Å². The van der Waals surface area contributed by atoms with Crippen LogP contribution in [0.4, 0.5) is 0 Å². The highest BCUT2D eigenvalue weighted by Gasteiger charge is 2.03. The maximum Gasteiger partial charge on any atom is 0.305 e. The molecule has 23 heavy (non-hydrogen) atoms. The van der Waals surface area contributed by atoms with Crippen molar-refractivity contribution in [3.05, 3.63) is 53.2 Å². The van der Waals surface area contributed by atoms with Gasteiger partial charge in [0.2, 0.25) is 5.88 Å². The van der Waals surface area contributed by atoms with E-state index >= 15 is 0 Å². The first kappa shape index (κ1) is 17.3. The van der Waals surface area contributed by atoms with Gasteiger partial charge in [-0.15, -0.1) is 0 Å². The third-order valence-electron chi connectivity index (χ3n) is 3.24. The molecule has 0 aliphatic heterocycles. The number of unbranched alkanes of at least 4 members (excludes halogenated alkanes) is 1. The number of nitrogens with zero attached hydrogens (tertiary/aromatic N) is 1. The van der Waals surface area contributed by atoms with Crippen LogP contribution in [0.1, 0.15) is 31.7 Å². The predicted octanol–water partition coefficient (Wildman–Crippen LogP) is 4.80. The van der Waals surface area contributed by atoms with Crippen LogP contribution in [-0.4, -0.2) is 17.6 Å². The lowest BCUT2D eigenvalue weighted by atomic mass is 10.1. The molecule has 0 N–H and O–H groups in total. The highest BCUT2D eigenvalue weighted by Crippen LogP contribution is 2.21. The molecule has 0 atom stereocenters. The van der Waals surface area contributed by atoms with Crippen LogP contribution in [-0.2, 0) is 16.0 Å². The zero-order valence-corrected chi connectivity index (χ0v) is 13.9. The molecule has 0 saturated carbocycles. The van der Waals surface area contributed by atoms with Gasteiger partial charge in [0, 0.05) is 23.7 Å². The molecule has 1 aromatic heterocycles. The minimum Gasteiger partial charge on any atom is -0.466 e. The van der Waals surface area contributed by atoms with Gasteiger partial charge in [-0.3, -0.25) is 4.79 Å². The number of rotatable bonds is 8. The number of benzene rings is 1. The molecular weight excluding hydrogens is 314 g/mol. The van der Waals surface area contributed by atoms with Crippen LogP contribution in [0.25, 0.3) is 0 Å². The molecule has 0 spiro atoms. The topological polar surface area (TPSA) is 48.4 Å². The van der Waals surface area contributed by atoms with E-state index in [9.17, 15) is 4.79 Å². The minimum absolute atomic E-state index is 0.127. The largest absolute Gasteiger partial charge is 0.466 e. The van der Waals surface area contributed by atoms with Crippen molar-refractivity contribution in [1.29, 1.82) is 0 Å². The predicted molar refractivity (Wildman–Crippen MR) is 90.0 cm³/mol. The van der Waals surface area contributed by atoms with Crippen molar-refractivity contribution in [3.8, 4) is 11.6 Å². The van der Waals surface area contributed by atoms with E-state index in [0.29, 0.717) is 29.7 Å². The Bertz CT molecular complexity index is 611. The summed E-state index contributed by atoms with van der Waals surface area (Å²) in [5, 5.41) is 0.670. The molecule has 2 aromatic rings. The molecule has 0 aliphatic rings. The van der Waals surface area contributed by atoms with Gasteiger partial charge in [0.1, 0.15) is 5.75 Å². The van der Waals surface area contributed by atoms with Gasteiger partial charge < -0.3 is 9.47 Å². The van der Waals surface area contributed by atoms with E-state index in [2.05, 4.69) is 4.98 Å². The molecule has 1 heterocycles. The Morgan fingerprint density at radius 2 is 1.91 bits per heavy atom. The van der Waals surface area contributed by atoms with Crippen LogP contribution < -0.4 is 4.74 Å². The maximum atomic E-state index is 11.2. The van der Waals surface area contributed by atoms with E-state index in [1.54, 1.807) is 30.5 Å². The number of aromatic nitrogens is 1. The summed E-state index contributed by atoms with van der Waals surface area (Å²) in [6, 6.07) is 11.0. The van der Waals surface area contributed by atoms with Crippen molar-refractivity contribution in [3.63, 3.8) is 0 Å². The summed E-state index contributed by atoms with van der Waals surface area (Å²) in [5.41, 5.74) is 1.12. The molecule has 122 valence electrons. The summed E-state index contributed by atoms with van der Waals surface area (Å²) in [6.45, 7) is 2.26. The number of esters is 1. The van der Waals surface area contributed by atoms with Crippen molar-refractivity contribution in [2.24, 2.45) is 0 Å². The molecule has 0 amide bonds. The second-order valence-corrected chi connectivity index (χ2v) is 5.51. The van der Waals surface area contributed by atoms with Crippen molar-refractivity contribution in [2.75, 3.05) is 6.61 Å². The van der Waals surface area contributed by atoms with Gasteiger partial charge in [0.25, 0.3) is 0 Å². The first-order valence-electron chi connectivity index (χ1n) is 7.71. The van der Waals surface area contributed by atoms with Gasteiger partial charge in [-0.05, 0) is 56.0 Å². The third kappa shape index (κ3) is 6.28. The third-order valence-corrected chi connectivity index (χ3v) is 3.49. The van der Waals surface area contributed by atoms with E-state index < -0.39 is 0 Å². The lowest BCUT2D eigenvalue weighted by Crippen LogP contribution is -2.03. The van der Waals surface area contributed by atoms with Crippen LogP contribution in [0.5, 0.6) is 11.6 Å². The number of hydrogen-bond acceptors (Lipinski definition) is 4. The summed E-state index contributed by atoms with van der Waals surface area (Å²) >= 11 is 5.83. The molecule has 5 heteroatoms. The van der Waals surface area contributed by atoms with E-state index in [1.165, 1.54) is 0 Å². The molecular formula is C18H20ClNO3. The van der Waals surface area contributed by atoms with Gasteiger partial charge >= 0.3 is 5.97 Å². The molecule has 4 nitrogen and oxygen atoms in total. The van der Waals surface area contributed by atoms with Crippen LogP contribution in [0.15, 0.2) is 42.6 Å². The van der Waals surface area contributed by atoms with Crippen molar-refractivity contribution in [2.45, 2.75) is 32.6 Å². The second kappa shape index (κ2) is 9.16. The van der Waals surface area contributed by atoms with Crippen LogP contribution in [0.3, 0.4) is 0 Å². The smallest absolute Gasteiger partial charge is 0.305 e. The molecule has 0 bridgehead atoms. The Hall–Kier alpha value is -2.07. The SMILES string of the molecule is CCOC(=O)CCCCc1ccc(Oc2ccc(Cl)cc2)nc1. The number of carbonyl (C=O) groups is 1. The number of carbonyl (C=O) groups excluding carboxylic acids is 1. The number of hydrogen-bond donors (Lipinski definition) is 0. The summed E-state index contributed by atoms with van der Waals surface area (Å²) < 4.78 is 10.5. The quantitative estimate of drug-likeness (QED) is 0.514. The minimum atomic E-state index is -0.127. The van der Waals surface area contributed by atoms with E-state index in [-0.39, 0.29) is 5.97 Å². The molecule has 0 unspecified atom stereocenters. The highest BCUT2D eigenvalue weighted by atomic mass is 35.5. The Kier molecular flexibility index (Phi) is 6.88. The number of ether oxygens (including phenoxy) is 2. The van der Waals surface area contributed by atoms with E-state index in [0.717, 1.165) is 24.8 Å². The van der Waals surface area contributed by atoms with Crippen LogP contribution in [0, 0.1) is 0 Å². The Morgan fingerprint density at radius 1 is 1.13 bits per heavy atom. The van der Waals surface area contributed by atoms with Crippen LogP contribution >= 0.6 is 11.6 Å². The number of pyridine rings is 1. The van der Waals surface area contributed by atoms with Gasteiger partial charge in [-0.25, -0.2) is 4.98 Å². The Morgan fingerprint density at radius 3 is 2.57 bits per heavy atom. The van der Waals surface area contributed by atoms with Gasteiger partial charge in [-0.2, -0.15) is 0 Å². The van der Waals surface area contributed by atoms with Gasteiger partial charge in [0.05, 0.1) is 6.61 Å². The Labute approximate surface area is 141 Å². The molecule has 0 saturated heterocycles. The fourth-order valence-electron chi connectivity index (χ4n) is 2.07. The second-order valence-electron chi connectivity index (χ2n) is 5.07. The molecule has 0 aliphatic carbocycles. The molecule has 1 aromatic carbocycles. The van der Waals surface area contributed by atoms with Gasteiger partial charge in [0.15, 0.2) is 0 Å². The average molecular weight is 334 g/mol. The lowest BCUT2D eigenvalue weighted by molar-refractivity contribution is -0.143. The van der Waals surface area contributed by atoms with Crippen LogP contribution in [0.2, 0.25) is 5.02 Å². The maximum absolute atomic E-state index is 11.2. The molecule has 0 fully saturated rings. The number of aryl methyl sites for hydroxylation is 1. The summed E-state index contributed by atoms with van der Waals surface area (Å²) in [4.78, 5) is 15.5. The zero-order chi connectivity index (χ0) is 16.5. The molecule has 2 rings (SSSR count). The summed E-state index contributed by atoms with van der Waals surface area (Å²) in [5.74, 6) is 1.11. The summed E-state index contributed by atoms with van der Waals surface area (Å²) in [6.07, 6.45) is 4.90. The monoisotopic (exact) mass is 333 g/mol. The first-order chi connectivity index (χ1) is 11.2. The fourth-order valence-corrected chi connectivity index (χ4v) is 2.20. The van der Waals surface area contributed by atoms with Gasteiger partial charge in [-0.1, -0.05) is 17.7 Å². The standard InChI is InChI=1S/C18H20ClNO3/c1-2-22-18(21)6-4-3-5-14-7-12-17(20-13-14)23-16-10-8-15(19)9-11-16/h7-13H,2-6H2,1H3. The van der Waals surface area contributed by atoms with E-state index in [4.69, 9.17) is 21.1 Å². The number of halogens is 1. The first-order valence-corrected chi connectivity index (χ1v) is 8.09. The van der Waals surface area contributed by atoms with Crippen molar-refractivity contribution >= 4 is 17.6 Å². The fraction of sp³-hybridized carbons (Fsp3) is 0.333. The summed E-state index contributed by atoms with van der Waals surface area (Å²) in [7, 11) is 0. The lowest BCUT2D eigenvalue weighted by Gasteiger charge is -2.06. The normalized spacial score (nSPS) is 10.3. The van der Waals surface area contributed by atoms with E-state index in [1.807, 2.05) is 19.1 Å².